The molecule has 3 nitrogen and oxygen atoms in total. The van der Waals surface area contributed by atoms with Crippen molar-refractivity contribution >= 4 is 17.4 Å². The van der Waals surface area contributed by atoms with Crippen molar-refractivity contribution in [3.05, 3.63) is 22.8 Å². The highest BCUT2D eigenvalue weighted by Gasteiger charge is 2.18. The van der Waals surface area contributed by atoms with E-state index in [4.69, 9.17) is 11.6 Å². The van der Waals surface area contributed by atoms with E-state index in [-0.39, 0.29) is 0 Å². The molecule has 19 heavy (non-hydrogen) atoms. The van der Waals surface area contributed by atoms with Gasteiger partial charge in [0.25, 0.3) is 0 Å². The summed E-state index contributed by atoms with van der Waals surface area (Å²) in [7, 11) is 0. The van der Waals surface area contributed by atoms with Crippen molar-refractivity contribution in [2.24, 2.45) is 5.92 Å². The van der Waals surface area contributed by atoms with Crippen molar-refractivity contribution < 1.29 is 0 Å². The molecule has 1 unspecified atom stereocenters. The van der Waals surface area contributed by atoms with Crippen LogP contribution in [0.4, 0.5) is 5.82 Å². The lowest BCUT2D eigenvalue weighted by atomic mass is 10.0. The molecule has 4 heteroatoms. The fourth-order valence-corrected chi connectivity index (χ4v) is 2.66. The van der Waals surface area contributed by atoms with Crippen LogP contribution in [0.2, 0.25) is 5.02 Å². The molecule has 1 aromatic heterocycles. The number of hydrogen-bond acceptors (Lipinski definition) is 3. The predicted molar refractivity (Wildman–Crippen MR) is 81.8 cm³/mol. The summed E-state index contributed by atoms with van der Waals surface area (Å²) < 4.78 is 0. The van der Waals surface area contributed by atoms with Gasteiger partial charge in [0, 0.05) is 31.9 Å². The largest absolute Gasteiger partial charge is 0.356 e. The molecule has 1 aliphatic heterocycles. The van der Waals surface area contributed by atoms with Crippen LogP contribution in [0.15, 0.2) is 12.3 Å². The maximum atomic E-state index is 6.23. The molecule has 1 N–H and O–H groups in total. The van der Waals surface area contributed by atoms with E-state index in [2.05, 4.69) is 42.0 Å². The number of aromatic nitrogens is 1. The Morgan fingerprint density at radius 1 is 1.53 bits per heavy atom. The zero-order valence-electron chi connectivity index (χ0n) is 12.1. The van der Waals surface area contributed by atoms with Crippen LogP contribution in [-0.4, -0.2) is 24.1 Å². The molecule has 1 atom stereocenters. The Bertz CT molecular complexity index is 420. The molecular weight excluding hydrogens is 258 g/mol. The second kappa shape index (κ2) is 6.58. The molecule has 0 aliphatic carbocycles. The monoisotopic (exact) mass is 281 g/mol. The van der Waals surface area contributed by atoms with Gasteiger partial charge in [0.1, 0.15) is 5.82 Å². The Labute approximate surface area is 121 Å². The number of nitrogens with one attached hydrogen (secondary N) is 1. The van der Waals surface area contributed by atoms with Gasteiger partial charge in [-0.2, -0.15) is 0 Å². The smallest absolute Gasteiger partial charge is 0.128 e. The van der Waals surface area contributed by atoms with Gasteiger partial charge in [-0.05, 0) is 30.4 Å². The third-order valence-electron chi connectivity index (χ3n) is 3.60. The molecular formula is C15H24ClN3. The second-order valence-corrected chi connectivity index (χ2v) is 6.27. The lowest BCUT2D eigenvalue weighted by molar-refractivity contribution is 0.444. The number of nitrogens with zero attached hydrogens (tertiary/aromatic N) is 2. The van der Waals surface area contributed by atoms with Crippen LogP contribution in [0, 0.1) is 5.92 Å². The standard InChI is InChI=1S/C15H24ClN3/c1-11(2)17-8-13-7-15(18-9-14(13)16)19-6-4-5-12(3)10-19/h7,9,11-12,17H,4-6,8,10H2,1-3H3. The van der Waals surface area contributed by atoms with Gasteiger partial charge >= 0.3 is 0 Å². The predicted octanol–water partition coefficient (Wildman–Crippen LogP) is 3.47. The van der Waals surface area contributed by atoms with Gasteiger partial charge in [0.2, 0.25) is 0 Å². The second-order valence-electron chi connectivity index (χ2n) is 5.86. The molecule has 106 valence electrons. The molecule has 1 fully saturated rings. The van der Waals surface area contributed by atoms with Crippen molar-refractivity contribution in [1.82, 2.24) is 10.3 Å². The van der Waals surface area contributed by atoms with Gasteiger partial charge in [-0.25, -0.2) is 4.98 Å². The summed E-state index contributed by atoms with van der Waals surface area (Å²) in [4.78, 5) is 6.87. The average molecular weight is 282 g/mol. The van der Waals surface area contributed by atoms with Gasteiger partial charge in [0.05, 0.1) is 5.02 Å². The van der Waals surface area contributed by atoms with Crippen LogP contribution in [0.3, 0.4) is 0 Å². The van der Waals surface area contributed by atoms with Crippen molar-refractivity contribution in [1.29, 1.82) is 0 Å². The van der Waals surface area contributed by atoms with Gasteiger partial charge in [0.15, 0.2) is 0 Å². The molecule has 1 aromatic rings. The van der Waals surface area contributed by atoms with E-state index < -0.39 is 0 Å². The molecule has 2 rings (SSSR count). The molecule has 0 spiro atoms. The first kappa shape index (κ1) is 14.6. The van der Waals surface area contributed by atoms with E-state index in [1.54, 1.807) is 6.20 Å². The highest BCUT2D eigenvalue weighted by Crippen LogP contribution is 2.24. The topological polar surface area (TPSA) is 28.2 Å². The van der Waals surface area contributed by atoms with E-state index in [0.717, 1.165) is 42.0 Å². The molecule has 1 aliphatic rings. The number of hydrogen-bond donors (Lipinski definition) is 1. The summed E-state index contributed by atoms with van der Waals surface area (Å²) in [5.74, 6) is 1.82. The third kappa shape index (κ3) is 4.08. The van der Waals surface area contributed by atoms with Crippen LogP contribution in [0.5, 0.6) is 0 Å². The van der Waals surface area contributed by atoms with Gasteiger partial charge < -0.3 is 10.2 Å². The first-order chi connectivity index (χ1) is 9.06. The summed E-state index contributed by atoms with van der Waals surface area (Å²) in [6.07, 6.45) is 4.37. The summed E-state index contributed by atoms with van der Waals surface area (Å²) in [5.41, 5.74) is 1.14. The average Bonchev–Trinajstić information content (AvgIpc) is 2.37. The summed E-state index contributed by atoms with van der Waals surface area (Å²) in [6, 6.07) is 2.60. The van der Waals surface area contributed by atoms with Crippen LogP contribution in [-0.2, 0) is 6.54 Å². The molecule has 1 saturated heterocycles. The summed E-state index contributed by atoms with van der Waals surface area (Å²) >= 11 is 6.23. The maximum Gasteiger partial charge on any atom is 0.128 e. The minimum Gasteiger partial charge on any atom is -0.356 e. The van der Waals surface area contributed by atoms with E-state index in [0.29, 0.717) is 6.04 Å². The fraction of sp³-hybridized carbons (Fsp3) is 0.667. The van der Waals surface area contributed by atoms with Crippen molar-refractivity contribution in [3.8, 4) is 0 Å². The summed E-state index contributed by atoms with van der Waals surface area (Å²) in [6.45, 7) is 9.60. The minimum absolute atomic E-state index is 0.461. The van der Waals surface area contributed by atoms with E-state index in [1.807, 2.05) is 0 Å². The Hall–Kier alpha value is -0.800. The van der Waals surface area contributed by atoms with Crippen molar-refractivity contribution in [2.45, 2.75) is 46.2 Å². The molecule has 0 radical (unpaired) electrons. The van der Waals surface area contributed by atoms with Gasteiger partial charge in [-0.1, -0.05) is 32.4 Å². The minimum atomic E-state index is 0.461. The number of pyridine rings is 1. The van der Waals surface area contributed by atoms with Gasteiger partial charge in [-0.15, -0.1) is 0 Å². The Balaban J connectivity index is 2.10. The molecule has 0 aromatic carbocycles. The summed E-state index contributed by atoms with van der Waals surface area (Å²) in [5, 5.41) is 4.16. The Morgan fingerprint density at radius 3 is 3.00 bits per heavy atom. The van der Waals surface area contributed by atoms with Crippen LogP contribution in [0.25, 0.3) is 0 Å². The van der Waals surface area contributed by atoms with Gasteiger partial charge in [-0.3, -0.25) is 0 Å². The number of anilines is 1. The lowest BCUT2D eigenvalue weighted by Gasteiger charge is -2.32. The zero-order valence-corrected chi connectivity index (χ0v) is 12.9. The number of halogens is 1. The number of rotatable bonds is 4. The van der Waals surface area contributed by atoms with E-state index >= 15 is 0 Å². The zero-order chi connectivity index (χ0) is 13.8. The fourth-order valence-electron chi connectivity index (χ4n) is 2.49. The van der Waals surface area contributed by atoms with E-state index in [9.17, 15) is 0 Å². The maximum absolute atomic E-state index is 6.23. The molecule has 0 bridgehead atoms. The SMILES string of the molecule is CC1CCCN(c2cc(CNC(C)C)c(Cl)cn2)C1. The first-order valence-corrected chi connectivity index (χ1v) is 7.57. The quantitative estimate of drug-likeness (QED) is 0.916. The van der Waals surface area contributed by atoms with Crippen LogP contribution >= 0.6 is 11.6 Å². The Morgan fingerprint density at radius 2 is 2.32 bits per heavy atom. The highest BCUT2D eigenvalue weighted by atomic mass is 35.5. The van der Waals surface area contributed by atoms with Crippen LogP contribution in [0.1, 0.15) is 39.2 Å². The highest BCUT2D eigenvalue weighted by molar-refractivity contribution is 6.31. The Kier molecular flexibility index (Phi) is 5.06. The first-order valence-electron chi connectivity index (χ1n) is 7.19. The molecule has 2 heterocycles. The number of piperidine rings is 1. The third-order valence-corrected chi connectivity index (χ3v) is 3.94. The lowest BCUT2D eigenvalue weighted by Crippen LogP contribution is -2.35. The van der Waals surface area contributed by atoms with Crippen molar-refractivity contribution in [3.63, 3.8) is 0 Å². The molecule has 0 saturated carbocycles. The van der Waals surface area contributed by atoms with Crippen molar-refractivity contribution in [2.75, 3.05) is 18.0 Å². The molecule has 0 amide bonds. The van der Waals surface area contributed by atoms with Crippen LogP contribution < -0.4 is 10.2 Å². The normalized spacial score (nSPS) is 20.1. The van der Waals surface area contributed by atoms with E-state index in [1.165, 1.54) is 12.8 Å².